The summed E-state index contributed by atoms with van der Waals surface area (Å²) in [5.74, 6) is 1.63. The number of hydrogen-bond acceptors (Lipinski definition) is 5. The maximum Gasteiger partial charge on any atom is 0.257 e. The molecule has 1 aromatic carbocycles. The third-order valence-corrected chi connectivity index (χ3v) is 6.72. The van der Waals surface area contributed by atoms with Crippen molar-refractivity contribution >= 4 is 17.6 Å². The first-order valence-corrected chi connectivity index (χ1v) is 11.5. The Morgan fingerprint density at radius 1 is 1.15 bits per heavy atom. The fraction of sp³-hybridized carbons (Fsp3) is 0.400. The summed E-state index contributed by atoms with van der Waals surface area (Å²) in [5, 5.41) is 6.80. The van der Waals surface area contributed by atoms with Crippen LogP contribution in [0.4, 0.5) is 5.82 Å². The van der Waals surface area contributed by atoms with Gasteiger partial charge in [0.15, 0.2) is 0 Å². The number of hydrogen-bond donors (Lipinski definition) is 1. The van der Waals surface area contributed by atoms with Crippen molar-refractivity contribution in [2.24, 2.45) is 0 Å². The standard InChI is InChI=1S/C25H28N6O2/c1-16-20-8-9-22(32)31(13-10-18-6-4-3-5-7-18)24(20)28-23(27-16)19-11-12-30(15-19)25(33)21-14-26-29-17(21)2/h3-7,14,19H,8-13,15H2,1-2H3,(H,26,29)/t19-/m0/s1. The summed E-state index contributed by atoms with van der Waals surface area (Å²) in [6.07, 6.45) is 4.33. The molecule has 0 spiro atoms. The molecule has 0 bridgehead atoms. The number of likely N-dealkylation sites (tertiary alicyclic amines) is 1. The lowest BCUT2D eigenvalue weighted by molar-refractivity contribution is -0.118. The van der Waals surface area contributed by atoms with E-state index in [1.807, 2.05) is 41.8 Å². The van der Waals surface area contributed by atoms with Crippen molar-refractivity contribution in [2.45, 2.75) is 45.4 Å². The summed E-state index contributed by atoms with van der Waals surface area (Å²) in [7, 11) is 0. The number of carbonyl (C=O) groups excluding carboxylic acids is 2. The molecule has 2 amide bonds. The normalized spacial score (nSPS) is 18.0. The van der Waals surface area contributed by atoms with Crippen LogP contribution in [0.25, 0.3) is 0 Å². The largest absolute Gasteiger partial charge is 0.338 e. The number of benzene rings is 1. The predicted molar refractivity (Wildman–Crippen MR) is 124 cm³/mol. The molecule has 3 aromatic rings. The Morgan fingerprint density at radius 3 is 2.73 bits per heavy atom. The SMILES string of the molecule is Cc1nc([C@H]2CCN(C(=O)c3cn[nH]c3C)C2)nc2c1CCC(=O)N2CCc1ccccc1. The molecule has 1 N–H and O–H groups in total. The van der Waals surface area contributed by atoms with Crippen molar-refractivity contribution in [3.05, 3.63) is 70.4 Å². The first-order valence-electron chi connectivity index (χ1n) is 11.5. The fourth-order valence-corrected chi connectivity index (χ4v) is 4.79. The summed E-state index contributed by atoms with van der Waals surface area (Å²) in [5.41, 5.74) is 4.57. The molecule has 2 aliphatic rings. The Morgan fingerprint density at radius 2 is 1.97 bits per heavy atom. The molecule has 0 saturated carbocycles. The van der Waals surface area contributed by atoms with E-state index in [1.54, 1.807) is 6.20 Å². The van der Waals surface area contributed by atoms with Crippen LogP contribution in [0.5, 0.6) is 0 Å². The second kappa shape index (κ2) is 8.77. The monoisotopic (exact) mass is 444 g/mol. The number of aryl methyl sites for hydroxylation is 2. The molecule has 0 aliphatic carbocycles. The summed E-state index contributed by atoms with van der Waals surface area (Å²) in [6.45, 7) is 5.68. The minimum Gasteiger partial charge on any atom is -0.338 e. The van der Waals surface area contributed by atoms with Crippen molar-refractivity contribution in [3.8, 4) is 0 Å². The van der Waals surface area contributed by atoms with E-state index in [4.69, 9.17) is 9.97 Å². The Kier molecular flexibility index (Phi) is 5.66. The van der Waals surface area contributed by atoms with Crippen LogP contribution in [0.3, 0.4) is 0 Å². The zero-order valence-electron chi connectivity index (χ0n) is 19.0. The summed E-state index contributed by atoms with van der Waals surface area (Å²) in [4.78, 5) is 39.1. The van der Waals surface area contributed by atoms with Crippen molar-refractivity contribution in [1.82, 2.24) is 25.1 Å². The highest BCUT2D eigenvalue weighted by molar-refractivity contribution is 5.96. The quantitative estimate of drug-likeness (QED) is 0.653. The molecular formula is C25H28N6O2. The molecular weight excluding hydrogens is 416 g/mol. The number of nitrogens with zero attached hydrogens (tertiary/aromatic N) is 5. The molecule has 5 rings (SSSR count). The van der Waals surface area contributed by atoms with Crippen LogP contribution >= 0.6 is 0 Å². The smallest absolute Gasteiger partial charge is 0.257 e. The van der Waals surface area contributed by atoms with Crippen LogP contribution in [-0.4, -0.2) is 56.5 Å². The number of H-pyrrole nitrogens is 1. The van der Waals surface area contributed by atoms with Gasteiger partial charge in [-0.3, -0.25) is 19.6 Å². The second-order valence-corrected chi connectivity index (χ2v) is 8.90. The van der Waals surface area contributed by atoms with Crippen LogP contribution in [0.15, 0.2) is 36.5 Å². The second-order valence-electron chi connectivity index (χ2n) is 8.90. The van der Waals surface area contributed by atoms with Gasteiger partial charge in [-0.2, -0.15) is 5.10 Å². The molecule has 0 unspecified atom stereocenters. The van der Waals surface area contributed by atoms with Gasteiger partial charge < -0.3 is 4.90 Å². The van der Waals surface area contributed by atoms with Gasteiger partial charge >= 0.3 is 0 Å². The number of nitrogens with one attached hydrogen (secondary N) is 1. The van der Waals surface area contributed by atoms with Gasteiger partial charge in [-0.1, -0.05) is 30.3 Å². The van der Waals surface area contributed by atoms with Gasteiger partial charge in [0.05, 0.1) is 11.8 Å². The number of aromatic amines is 1. The predicted octanol–water partition coefficient (Wildman–Crippen LogP) is 2.97. The van der Waals surface area contributed by atoms with E-state index in [0.717, 1.165) is 41.4 Å². The third-order valence-electron chi connectivity index (χ3n) is 6.72. The highest BCUT2D eigenvalue weighted by Gasteiger charge is 2.33. The van der Waals surface area contributed by atoms with E-state index in [2.05, 4.69) is 22.3 Å². The van der Waals surface area contributed by atoms with Crippen LogP contribution in [-0.2, 0) is 17.6 Å². The van der Waals surface area contributed by atoms with Gasteiger partial charge in [-0.25, -0.2) is 9.97 Å². The van der Waals surface area contributed by atoms with Crippen LogP contribution in [0.2, 0.25) is 0 Å². The lowest BCUT2D eigenvalue weighted by atomic mass is 10.0. The molecule has 8 nitrogen and oxygen atoms in total. The van der Waals surface area contributed by atoms with Gasteiger partial charge in [0, 0.05) is 48.9 Å². The third kappa shape index (κ3) is 4.13. The van der Waals surface area contributed by atoms with Crippen LogP contribution < -0.4 is 4.90 Å². The van der Waals surface area contributed by atoms with Crippen molar-refractivity contribution in [3.63, 3.8) is 0 Å². The number of anilines is 1. The van der Waals surface area contributed by atoms with Crippen LogP contribution in [0.1, 0.15) is 57.5 Å². The molecule has 33 heavy (non-hydrogen) atoms. The Labute approximate surface area is 193 Å². The fourth-order valence-electron chi connectivity index (χ4n) is 4.79. The van der Waals surface area contributed by atoms with Gasteiger partial charge in [-0.15, -0.1) is 0 Å². The summed E-state index contributed by atoms with van der Waals surface area (Å²) < 4.78 is 0. The molecule has 2 aromatic heterocycles. The Bertz CT molecular complexity index is 1190. The van der Waals surface area contributed by atoms with E-state index in [1.165, 1.54) is 5.56 Å². The maximum atomic E-state index is 12.9. The maximum absolute atomic E-state index is 12.9. The highest BCUT2D eigenvalue weighted by atomic mass is 16.2. The topological polar surface area (TPSA) is 95.1 Å². The van der Waals surface area contributed by atoms with E-state index in [0.29, 0.717) is 38.0 Å². The molecule has 170 valence electrons. The summed E-state index contributed by atoms with van der Waals surface area (Å²) in [6, 6.07) is 10.2. The average molecular weight is 445 g/mol. The number of rotatable bonds is 5. The van der Waals surface area contributed by atoms with Crippen molar-refractivity contribution in [2.75, 3.05) is 24.5 Å². The number of amides is 2. The molecule has 4 heterocycles. The number of carbonyl (C=O) groups is 2. The average Bonchev–Trinajstić information content (AvgIpc) is 3.48. The zero-order chi connectivity index (χ0) is 22.9. The molecule has 1 saturated heterocycles. The number of fused-ring (bicyclic) bond motifs is 1. The van der Waals surface area contributed by atoms with E-state index < -0.39 is 0 Å². The Balaban J connectivity index is 1.37. The highest BCUT2D eigenvalue weighted by Crippen LogP contribution is 2.32. The van der Waals surface area contributed by atoms with Crippen molar-refractivity contribution in [1.29, 1.82) is 0 Å². The molecule has 0 radical (unpaired) electrons. The lowest BCUT2D eigenvalue weighted by Crippen LogP contribution is -2.38. The van der Waals surface area contributed by atoms with E-state index in [9.17, 15) is 9.59 Å². The molecule has 2 aliphatic heterocycles. The minimum absolute atomic E-state index is 0.0157. The van der Waals surface area contributed by atoms with Crippen molar-refractivity contribution < 1.29 is 9.59 Å². The Hall–Kier alpha value is -3.55. The van der Waals surface area contributed by atoms with E-state index in [-0.39, 0.29) is 17.7 Å². The minimum atomic E-state index is -0.0157. The summed E-state index contributed by atoms with van der Waals surface area (Å²) >= 11 is 0. The molecule has 8 heteroatoms. The number of aromatic nitrogens is 4. The van der Waals surface area contributed by atoms with Gasteiger partial charge in [-0.05, 0) is 38.7 Å². The first kappa shape index (κ1) is 21.3. The molecule has 1 atom stereocenters. The van der Waals surface area contributed by atoms with Gasteiger partial charge in [0.2, 0.25) is 5.91 Å². The van der Waals surface area contributed by atoms with Gasteiger partial charge in [0.1, 0.15) is 11.6 Å². The van der Waals surface area contributed by atoms with Gasteiger partial charge in [0.25, 0.3) is 5.91 Å². The first-order chi connectivity index (χ1) is 16.0. The van der Waals surface area contributed by atoms with E-state index >= 15 is 0 Å². The zero-order valence-corrected chi connectivity index (χ0v) is 19.0. The van der Waals surface area contributed by atoms with Crippen LogP contribution in [0, 0.1) is 13.8 Å². The molecule has 1 fully saturated rings. The lowest BCUT2D eigenvalue weighted by Gasteiger charge is -2.30.